The third kappa shape index (κ3) is 3.88. The molecule has 0 aliphatic carbocycles. The number of fused-ring (bicyclic) bond motifs is 1. The molecule has 3 rings (SSSR count). The summed E-state index contributed by atoms with van der Waals surface area (Å²) in [5.74, 6) is -2.16. The molecular weight excluding hydrogens is 408 g/mol. The lowest BCUT2D eigenvalue weighted by molar-refractivity contribution is -0.160. The second kappa shape index (κ2) is 8.68. The quantitative estimate of drug-likeness (QED) is 0.446. The van der Waals surface area contributed by atoms with Crippen LogP contribution in [0.25, 0.3) is 0 Å². The lowest BCUT2D eigenvalue weighted by atomic mass is 9.73. The van der Waals surface area contributed by atoms with Crippen LogP contribution in [0.2, 0.25) is 0 Å². The van der Waals surface area contributed by atoms with Gasteiger partial charge in [0.05, 0.1) is 24.5 Å². The van der Waals surface area contributed by atoms with E-state index in [2.05, 4.69) is 5.32 Å². The van der Waals surface area contributed by atoms with Gasteiger partial charge < -0.3 is 26.0 Å². The number of rotatable bonds is 8. The number of carboxylic acids is 1. The van der Waals surface area contributed by atoms with Gasteiger partial charge in [0.25, 0.3) is 0 Å². The van der Waals surface area contributed by atoms with Gasteiger partial charge in [-0.1, -0.05) is 13.8 Å². The highest BCUT2D eigenvalue weighted by Gasteiger charge is 2.60. The maximum Gasteiger partial charge on any atom is 0.353 e. The van der Waals surface area contributed by atoms with Gasteiger partial charge in [0.1, 0.15) is 11.5 Å². The Morgan fingerprint density at radius 3 is 2.60 bits per heavy atom. The van der Waals surface area contributed by atoms with E-state index in [0.29, 0.717) is 17.9 Å². The lowest BCUT2D eigenvalue weighted by Gasteiger charge is -2.47. The highest BCUT2D eigenvalue weighted by atomic mass is 32.2. The number of nitrogens with zero attached hydrogens (tertiary/aromatic N) is 2. The van der Waals surface area contributed by atoms with Crippen LogP contribution in [0.1, 0.15) is 26.7 Å². The minimum absolute atomic E-state index is 0.00228. The first-order valence-electron chi connectivity index (χ1n) is 10.2. The number of likely N-dealkylation sites (N-methyl/N-ethyl adjacent to an activating group) is 1. The highest BCUT2D eigenvalue weighted by molar-refractivity contribution is 8.03. The fourth-order valence-electron chi connectivity index (χ4n) is 4.81. The summed E-state index contributed by atoms with van der Waals surface area (Å²) in [5.41, 5.74) is 5.46. The number of Topliss-reactive ketones (excluding diaryl/α,β-unsaturated/α-hetero) is 1. The van der Waals surface area contributed by atoms with Crippen LogP contribution >= 0.6 is 11.8 Å². The third-order valence-corrected chi connectivity index (χ3v) is 7.82. The van der Waals surface area contributed by atoms with E-state index in [9.17, 15) is 24.3 Å². The summed E-state index contributed by atoms with van der Waals surface area (Å²) < 4.78 is 0. The van der Waals surface area contributed by atoms with E-state index >= 15 is 0 Å². The summed E-state index contributed by atoms with van der Waals surface area (Å²) in [5, 5.41) is 13.1. The topological polar surface area (TPSA) is 133 Å². The van der Waals surface area contributed by atoms with Crippen molar-refractivity contribution < 1.29 is 24.3 Å². The third-order valence-electron chi connectivity index (χ3n) is 6.30. The van der Waals surface area contributed by atoms with Crippen LogP contribution in [0.15, 0.2) is 10.6 Å². The Kier molecular flexibility index (Phi) is 6.59. The van der Waals surface area contributed by atoms with Gasteiger partial charge in [0.2, 0.25) is 11.8 Å². The van der Waals surface area contributed by atoms with Crippen LogP contribution in [-0.4, -0.2) is 83.0 Å². The van der Waals surface area contributed by atoms with Gasteiger partial charge in [-0.3, -0.25) is 14.4 Å². The molecule has 3 heterocycles. The molecule has 1 unspecified atom stereocenters. The molecule has 0 aromatic carbocycles. The first-order chi connectivity index (χ1) is 14.1. The molecule has 0 spiro atoms. The van der Waals surface area contributed by atoms with Gasteiger partial charge in [-0.15, -0.1) is 11.8 Å². The van der Waals surface area contributed by atoms with Gasteiger partial charge in [-0.05, 0) is 12.3 Å². The van der Waals surface area contributed by atoms with Crippen molar-refractivity contribution in [1.82, 2.24) is 15.1 Å². The SMILES string of the molecule is C[C@@H](CC(=O)CN)[C@H]1C(=O)N2C(C(=O)O)=C(S[C@@H]3CNC(C(=O)N(C)C)C3)[C@H](C)[C@H]12. The average molecular weight is 439 g/mol. The highest BCUT2D eigenvalue weighted by Crippen LogP contribution is 2.53. The minimum atomic E-state index is -1.11. The van der Waals surface area contributed by atoms with Crippen LogP contribution < -0.4 is 11.1 Å². The lowest BCUT2D eigenvalue weighted by Crippen LogP contribution is -2.62. The molecule has 4 N–H and O–H groups in total. The Morgan fingerprint density at radius 1 is 1.37 bits per heavy atom. The van der Waals surface area contributed by atoms with Crippen molar-refractivity contribution in [3.63, 3.8) is 0 Å². The number of thioether (sulfide) groups is 1. The summed E-state index contributed by atoms with van der Waals surface area (Å²) in [7, 11) is 3.42. The zero-order chi connectivity index (χ0) is 22.3. The van der Waals surface area contributed by atoms with Crippen molar-refractivity contribution >= 4 is 35.3 Å². The summed E-state index contributed by atoms with van der Waals surface area (Å²) in [4.78, 5) is 52.4. The molecule has 166 valence electrons. The Bertz CT molecular complexity index is 798. The van der Waals surface area contributed by atoms with Crippen molar-refractivity contribution in [3.05, 3.63) is 10.6 Å². The van der Waals surface area contributed by atoms with Gasteiger partial charge in [0, 0.05) is 43.1 Å². The van der Waals surface area contributed by atoms with Crippen molar-refractivity contribution in [3.8, 4) is 0 Å². The number of nitrogens with one attached hydrogen (secondary N) is 1. The summed E-state index contributed by atoms with van der Waals surface area (Å²) >= 11 is 1.46. The molecule has 0 saturated carbocycles. The molecular formula is C20H30N4O5S. The van der Waals surface area contributed by atoms with Crippen molar-refractivity contribution in [2.75, 3.05) is 27.2 Å². The summed E-state index contributed by atoms with van der Waals surface area (Å²) in [6, 6.07) is -0.531. The molecule has 3 aliphatic heterocycles. The Labute approximate surface area is 180 Å². The standard InChI is InChI=1S/C20H30N4O5S/c1-9(5-11(25)7-21)14-15-10(2)17(16(20(28)29)24(15)19(14)27)30-12-6-13(22-8-12)18(26)23(3)4/h9-10,12-15,22H,5-8,21H2,1-4H3,(H,28,29)/t9-,10+,12-,13?,14+,15+/m0/s1. The molecule has 9 nitrogen and oxygen atoms in total. The number of aliphatic carboxylic acids is 1. The number of β-lactam (4-membered cyclic amide) rings is 1. The van der Waals surface area contributed by atoms with E-state index in [1.807, 2.05) is 13.8 Å². The first kappa shape index (κ1) is 22.8. The van der Waals surface area contributed by atoms with E-state index < -0.39 is 5.97 Å². The number of carbonyl (C=O) groups excluding carboxylic acids is 3. The molecule has 10 heteroatoms. The van der Waals surface area contributed by atoms with E-state index in [1.165, 1.54) is 16.7 Å². The maximum atomic E-state index is 12.8. The van der Waals surface area contributed by atoms with Crippen LogP contribution in [0, 0.1) is 17.8 Å². The number of carbonyl (C=O) groups is 4. The smallest absolute Gasteiger partial charge is 0.353 e. The predicted octanol–water partition coefficient (Wildman–Crippen LogP) is -0.135. The van der Waals surface area contributed by atoms with Crippen molar-refractivity contribution in [2.45, 2.75) is 44.0 Å². The number of hydrogen-bond acceptors (Lipinski definition) is 7. The van der Waals surface area contributed by atoms with Crippen LogP contribution in [-0.2, 0) is 19.2 Å². The molecule has 0 aromatic heterocycles. The molecule has 2 amide bonds. The molecule has 2 saturated heterocycles. The second-order valence-corrected chi connectivity index (χ2v) is 9.97. The molecule has 30 heavy (non-hydrogen) atoms. The first-order valence-corrected chi connectivity index (χ1v) is 11.1. The number of amides is 2. The number of nitrogens with two attached hydrogens (primary N) is 1. The molecule has 0 aromatic rings. The Balaban J connectivity index is 1.76. The summed E-state index contributed by atoms with van der Waals surface area (Å²) in [6.45, 7) is 4.33. The minimum Gasteiger partial charge on any atom is -0.477 e. The van der Waals surface area contributed by atoms with Crippen LogP contribution in [0.4, 0.5) is 0 Å². The number of ketones is 1. The van der Waals surface area contributed by atoms with Gasteiger partial charge in [-0.2, -0.15) is 0 Å². The zero-order valence-corrected chi connectivity index (χ0v) is 18.6. The molecule has 2 fully saturated rings. The number of hydrogen-bond donors (Lipinski definition) is 3. The average Bonchev–Trinajstić information content (AvgIpc) is 3.23. The fourth-order valence-corrected chi connectivity index (χ4v) is 6.29. The van der Waals surface area contributed by atoms with E-state index in [-0.39, 0.29) is 71.3 Å². The fraction of sp³-hybridized carbons (Fsp3) is 0.700. The van der Waals surface area contributed by atoms with Crippen LogP contribution in [0.3, 0.4) is 0 Å². The van der Waals surface area contributed by atoms with Gasteiger partial charge >= 0.3 is 5.97 Å². The molecule has 0 bridgehead atoms. The van der Waals surface area contributed by atoms with E-state index in [1.54, 1.807) is 19.0 Å². The maximum absolute atomic E-state index is 12.8. The molecule has 6 atom stereocenters. The van der Waals surface area contributed by atoms with E-state index in [0.717, 1.165) is 0 Å². The van der Waals surface area contributed by atoms with Crippen molar-refractivity contribution in [2.24, 2.45) is 23.5 Å². The molecule has 0 radical (unpaired) electrons. The Morgan fingerprint density at radius 2 is 2.03 bits per heavy atom. The zero-order valence-electron chi connectivity index (χ0n) is 17.8. The van der Waals surface area contributed by atoms with Crippen molar-refractivity contribution in [1.29, 1.82) is 0 Å². The second-order valence-electron chi connectivity index (χ2n) is 8.62. The summed E-state index contributed by atoms with van der Waals surface area (Å²) in [6.07, 6.45) is 0.823. The van der Waals surface area contributed by atoms with Crippen LogP contribution in [0.5, 0.6) is 0 Å². The number of carboxylic acid groups (broad SMARTS) is 1. The monoisotopic (exact) mass is 438 g/mol. The van der Waals surface area contributed by atoms with Gasteiger partial charge in [0.15, 0.2) is 0 Å². The predicted molar refractivity (Wildman–Crippen MR) is 112 cm³/mol. The van der Waals surface area contributed by atoms with Gasteiger partial charge in [-0.25, -0.2) is 4.79 Å². The normalized spacial score (nSPS) is 31.4. The van der Waals surface area contributed by atoms with E-state index in [4.69, 9.17) is 5.73 Å². The molecule has 3 aliphatic rings. The largest absolute Gasteiger partial charge is 0.477 e. The Hall–Kier alpha value is -1.91.